The first kappa shape index (κ1) is 12.6. The molecule has 0 amide bonds. The van der Waals surface area contributed by atoms with E-state index < -0.39 is 7.74 Å². The van der Waals surface area contributed by atoms with Crippen LogP contribution in [-0.2, 0) is 60.6 Å². The van der Waals surface area contributed by atoms with Crippen molar-refractivity contribution in [1.29, 1.82) is 0 Å². The molecular formula is H3O5PVY. The normalized spacial score (nSPS) is 32.1. The van der Waals surface area contributed by atoms with E-state index in [1.807, 2.05) is 0 Å². The van der Waals surface area contributed by atoms with Crippen molar-refractivity contribution < 1.29 is 75.3 Å². The van der Waals surface area contributed by atoms with E-state index in [1.165, 1.54) is 0 Å². The maximum Gasteiger partial charge on any atom is 0 e. The first-order chi connectivity index (χ1) is 2.47. The van der Waals surface area contributed by atoms with Crippen LogP contribution in [0.15, 0.2) is 0 Å². The minimum absolute atomic E-state index is 0. The van der Waals surface area contributed by atoms with Crippen molar-refractivity contribution >= 4 is 7.74 Å². The summed E-state index contributed by atoms with van der Waals surface area (Å²) in [5.74, 6) is 0. The molecule has 0 aliphatic carbocycles. The van der Waals surface area contributed by atoms with Gasteiger partial charge in [0.2, 0.25) is 0 Å². The van der Waals surface area contributed by atoms with E-state index in [4.69, 9.17) is 14.7 Å². The molecule has 0 aromatic heterocycles. The van der Waals surface area contributed by atoms with Crippen LogP contribution in [0.25, 0.3) is 0 Å². The molecule has 1 aliphatic heterocycles. The molecule has 0 unspecified atom stereocenters. The summed E-state index contributed by atoms with van der Waals surface area (Å²) in [5.41, 5.74) is 0. The third kappa shape index (κ3) is 4.77. The molecule has 1 heterocycles. The summed E-state index contributed by atoms with van der Waals surface area (Å²) in [6.07, 6.45) is 0. The van der Waals surface area contributed by atoms with Crippen LogP contribution >= 0.6 is 7.74 Å². The zero-order valence-corrected chi connectivity index (χ0v) is 8.76. The molecular weight excluding hydrogens is 251 g/mol. The molecule has 3 N–H and O–H groups in total. The van der Waals surface area contributed by atoms with E-state index in [1.54, 1.807) is 0 Å². The van der Waals surface area contributed by atoms with Gasteiger partial charge in [0.25, 0.3) is 0 Å². The van der Waals surface area contributed by atoms with Gasteiger partial charge in [-0.15, -0.1) is 0 Å². The monoisotopic (exact) mass is 254 g/mol. The maximum absolute atomic E-state index is 7.89. The van der Waals surface area contributed by atoms with Gasteiger partial charge in [0, 0.05) is 51.3 Å². The van der Waals surface area contributed by atoms with Gasteiger partial charge in [-0.3, -0.25) is 0 Å². The summed E-state index contributed by atoms with van der Waals surface area (Å²) in [6.45, 7) is 0. The van der Waals surface area contributed by atoms with Crippen LogP contribution in [0.5, 0.6) is 0 Å². The first-order valence-corrected chi connectivity index (χ1v) is 3.06. The van der Waals surface area contributed by atoms with Crippen LogP contribution in [0, 0.1) is 0 Å². The van der Waals surface area contributed by atoms with Crippen molar-refractivity contribution in [2.75, 3.05) is 0 Å². The summed E-state index contributed by atoms with van der Waals surface area (Å²) in [7, 11) is -4.80. The van der Waals surface area contributed by atoms with Gasteiger partial charge in [-0.2, -0.15) is 0 Å². The van der Waals surface area contributed by atoms with E-state index in [9.17, 15) is 0 Å². The van der Waals surface area contributed by atoms with Crippen LogP contribution < -0.4 is 0 Å². The van der Waals surface area contributed by atoms with Gasteiger partial charge in [-0.1, -0.05) is 0 Å². The third-order valence-corrected chi connectivity index (χ3v) is 0.824. The minimum Gasteiger partial charge on any atom is 0 e. The molecule has 0 aromatic carbocycles. The molecule has 8 heavy (non-hydrogen) atoms. The zero-order chi connectivity index (χ0) is 4.86. The van der Waals surface area contributed by atoms with Crippen LogP contribution in [0.3, 0.4) is 0 Å². The molecule has 2 radical (unpaired) electrons. The van der Waals surface area contributed by atoms with Crippen molar-refractivity contribution in [2.45, 2.75) is 0 Å². The Kier molecular flexibility index (Phi) is 4.54. The van der Waals surface area contributed by atoms with Crippen LogP contribution in [-0.4, -0.2) is 14.7 Å². The Labute approximate surface area is 82.4 Å². The minimum atomic E-state index is -4.80. The second kappa shape index (κ2) is 2.89. The summed E-state index contributed by atoms with van der Waals surface area (Å²) < 4.78 is 6.76. The van der Waals surface area contributed by atoms with Crippen molar-refractivity contribution in [3.05, 3.63) is 0 Å². The molecule has 0 spiro atoms. The summed E-state index contributed by atoms with van der Waals surface area (Å²) in [4.78, 5) is 23.7. The van der Waals surface area contributed by atoms with E-state index in [0.29, 0.717) is 0 Å². The molecule has 1 saturated heterocycles. The average molecular weight is 254 g/mol. The van der Waals surface area contributed by atoms with Gasteiger partial charge in [-0.25, -0.2) is 0 Å². The van der Waals surface area contributed by atoms with Crippen LogP contribution in [0.4, 0.5) is 0 Å². The van der Waals surface area contributed by atoms with Gasteiger partial charge in [0.15, 0.2) is 0 Å². The fourth-order valence-corrected chi connectivity index (χ4v) is 0.402. The van der Waals surface area contributed by atoms with Crippen molar-refractivity contribution in [3.8, 4) is 0 Å². The summed E-state index contributed by atoms with van der Waals surface area (Å²) in [5, 5.41) is 0. The summed E-state index contributed by atoms with van der Waals surface area (Å²) in [6, 6.07) is 0. The number of hydrogen-bond acceptors (Lipinski definition) is 5. The number of hydrogen-bond donors (Lipinski definition) is 3. The van der Waals surface area contributed by atoms with E-state index >= 15 is 0 Å². The first-order valence-electron chi connectivity index (χ1n) is 1.13. The average Bonchev–Trinajstić information content (AvgIpc) is 1.73. The molecule has 1 fully saturated rings. The quantitative estimate of drug-likeness (QED) is 0.294. The molecule has 8 heteroatoms. The second-order valence-corrected chi connectivity index (χ2v) is 2.95. The molecule has 1 rings (SSSR count). The molecule has 46 valence electrons. The third-order valence-electron chi connectivity index (χ3n) is 0.275. The molecule has 5 nitrogen and oxygen atoms in total. The predicted molar refractivity (Wildman–Crippen MR) is 15.7 cm³/mol. The van der Waals surface area contributed by atoms with Gasteiger partial charge in [0.05, 0.1) is 0 Å². The molecule has 0 bridgehead atoms. The second-order valence-electron chi connectivity index (χ2n) is 0.982. The van der Waals surface area contributed by atoms with Gasteiger partial charge < -0.3 is 0 Å². The summed E-state index contributed by atoms with van der Waals surface area (Å²) >= 11 is 0. The maximum atomic E-state index is 7.89. The predicted octanol–water partition coefficient (Wildman–Crippen LogP) is -0.952. The zero-order valence-electron chi connectivity index (χ0n) is 3.63. The Hall–Kier alpha value is 1.92. The van der Waals surface area contributed by atoms with Gasteiger partial charge in [-0.05, 0) is 0 Å². The number of rotatable bonds is 0. The Morgan fingerprint density at radius 2 is 1.12 bits per heavy atom. The fourth-order valence-electron chi connectivity index (χ4n) is 0.0447. The smallest absolute Gasteiger partial charge is 0 e. The Morgan fingerprint density at radius 3 is 1.12 bits per heavy atom. The topological polar surface area (TPSA) is 85.8 Å². The van der Waals surface area contributed by atoms with Gasteiger partial charge in [0.1, 0.15) is 0 Å². The standard InChI is InChI=1S/H3O5P.V.Y/c1-6(2,3)4-5-6;;/h1-3H;;. The van der Waals surface area contributed by atoms with Gasteiger partial charge >= 0.3 is 31.8 Å². The van der Waals surface area contributed by atoms with Crippen molar-refractivity contribution in [3.63, 3.8) is 0 Å². The van der Waals surface area contributed by atoms with E-state index in [0.717, 1.165) is 0 Å². The SMILES string of the molecule is OP1(O)(O)OO1.[V].[Y]. The Balaban J connectivity index is 0. The Morgan fingerprint density at radius 1 is 1.00 bits per heavy atom. The van der Waals surface area contributed by atoms with E-state index in [-0.39, 0.29) is 51.3 Å². The van der Waals surface area contributed by atoms with Crippen molar-refractivity contribution in [1.82, 2.24) is 0 Å². The van der Waals surface area contributed by atoms with Crippen molar-refractivity contribution in [2.24, 2.45) is 0 Å². The molecule has 0 atom stereocenters. The van der Waals surface area contributed by atoms with Crippen LogP contribution in [0.2, 0.25) is 0 Å². The Bertz CT molecular complexity index is 76.2. The largest absolute Gasteiger partial charge is 0 e. The van der Waals surface area contributed by atoms with E-state index in [2.05, 4.69) is 9.35 Å². The van der Waals surface area contributed by atoms with Crippen LogP contribution in [0.1, 0.15) is 0 Å². The molecule has 1 aliphatic rings. The fraction of sp³-hybridized carbons (Fsp3) is 0. The molecule has 0 saturated carbocycles. The molecule has 0 aromatic rings.